The number of hydrogen-bond donors (Lipinski definition) is 1. The summed E-state index contributed by atoms with van der Waals surface area (Å²) in [5.74, 6) is -6.23. The van der Waals surface area contributed by atoms with E-state index in [2.05, 4.69) is 0 Å². The molecule has 0 rings (SSSR count). The Morgan fingerprint density at radius 1 is 1.36 bits per heavy atom. The minimum absolute atomic E-state index is 0.00292. The van der Waals surface area contributed by atoms with Crippen molar-refractivity contribution in [3.8, 4) is 0 Å². The maximum Gasteiger partial charge on any atom is 0.343 e. The van der Waals surface area contributed by atoms with Crippen molar-refractivity contribution in [2.24, 2.45) is 0 Å². The topological polar surface area (TPSA) is 37.3 Å². The first-order valence-electron chi connectivity index (χ1n) is 3.99. The standard InChI is InChI=1S/C8H10F4O2/c1-2-3-4-8(11,12)5(6(9)10)7(13)14/h2-4H2,1H3,(H,13,14). The molecule has 14 heavy (non-hydrogen) atoms. The van der Waals surface area contributed by atoms with Crippen molar-refractivity contribution in [3.63, 3.8) is 0 Å². The van der Waals surface area contributed by atoms with Gasteiger partial charge in [0, 0.05) is 6.42 Å². The molecule has 0 atom stereocenters. The van der Waals surface area contributed by atoms with Crippen LogP contribution in [0.25, 0.3) is 0 Å². The van der Waals surface area contributed by atoms with E-state index in [9.17, 15) is 22.4 Å². The lowest BCUT2D eigenvalue weighted by Gasteiger charge is -2.15. The first-order chi connectivity index (χ1) is 6.33. The normalized spacial score (nSPS) is 11.2. The molecule has 0 aromatic heterocycles. The van der Waals surface area contributed by atoms with Crippen LogP contribution in [0.15, 0.2) is 11.7 Å². The highest BCUT2D eigenvalue weighted by Gasteiger charge is 2.41. The van der Waals surface area contributed by atoms with Crippen LogP contribution in [0.3, 0.4) is 0 Å². The Labute approximate surface area is 78.2 Å². The van der Waals surface area contributed by atoms with E-state index >= 15 is 0 Å². The molecule has 0 heterocycles. The van der Waals surface area contributed by atoms with E-state index in [1.807, 2.05) is 0 Å². The van der Waals surface area contributed by atoms with E-state index in [0.717, 1.165) is 0 Å². The second-order valence-electron chi connectivity index (χ2n) is 2.75. The summed E-state index contributed by atoms with van der Waals surface area (Å²) >= 11 is 0. The third-order valence-corrected chi connectivity index (χ3v) is 1.61. The largest absolute Gasteiger partial charge is 0.478 e. The number of carboxylic acids is 1. The molecular weight excluding hydrogens is 204 g/mol. The van der Waals surface area contributed by atoms with Crippen molar-refractivity contribution in [1.82, 2.24) is 0 Å². The molecular formula is C8H10F4O2. The van der Waals surface area contributed by atoms with Gasteiger partial charge in [0.15, 0.2) is 5.57 Å². The lowest BCUT2D eigenvalue weighted by Crippen LogP contribution is -2.25. The second kappa shape index (κ2) is 4.97. The summed E-state index contributed by atoms with van der Waals surface area (Å²) in [7, 11) is 0. The third kappa shape index (κ3) is 3.35. The SMILES string of the molecule is CCCCC(F)(F)C(C(=O)O)=C(F)F. The fraction of sp³-hybridized carbons (Fsp3) is 0.625. The van der Waals surface area contributed by atoms with Crippen LogP contribution in [0.2, 0.25) is 0 Å². The van der Waals surface area contributed by atoms with E-state index in [1.165, 1.54) is 0 Å². The highest BCUT2D eigenvalue weighted by Crippen LogP contribution is 2.33. The average molecular weight is 214 g/mol. The van der Waals surface area contributed by atoms with Crippen LogP contribution in [0.1, 0.15) is 26.2 Å². The van der Waals surface area contributed by atoms with Crippen LogP contribution < -0.4 is 0 Å². The van der Waals surface area contributed by atoms with Gasteiger partial charge in [-0.25, -0.2) is 13.6 Å². The number of aliphatic carboxylic acids is 1. The summed E-state index contributed by atoms with van der Waals surface area (Å²) in [4.78, 5) is 10.1. The molecule has 0 radical (unpaired) electrons. The zero-order chi connectivity index (χ0) is 11.4. The van der Waals surface area contributed by atoms with E-state index < -0.39 is 30.0 Å². The minimum atomic E-state index is -3.96. The Balaban J connectivity index is 4.83. The summed E-state index contributed by atoms with van der Waals surface area (Å²) < 4.78 is 49.5. The summed E-state index contributed by atoms with van der Waals surface area (Å²) in [6.07, 6.45) is -3.32. The van der Waals surface area contributed by atoms with E-state index in [1.54, 1.807) is 6.92 Å². The van der Waals surface area contributed by atoms with Crippen LogP contribution in [0.5, 0.6) is 0 Å². The Morgan fingerprint density at radius 3 is 2.14 bits per heavy atom. The van der Waals surface area contributed by atoms with Crippen LogP contribution >= 0.6 is 0 Å². The van der Waals surface area contributed by atoms with Crippen molar-refractivity contribution < 1.29 is 27.5 Å². The van der Waals surface area contributed by atoms with Crippen molar-refractivity contribution in [3.05, 3.63) is 11.7 Å². The number of halogens is 4. The Bertz CT molecular complexity index is 244. The Morgan fingerprint density at radius 2 is 1.86 bits per heavy atom. The lowest BCUT2D eigenvalue weighted by molar-refractivity contribution is -0.136. The molecule has 1 N–H and O–H groups in total. The quantitative estimate of drug-likeness (QED) is 0.564. The number of alkyl halides is 2. The Kier molecular flexibility index (Phi) is 4.59. The molecule has 0 aliphatic carbocycles. The van der Waals surface area contributed by atoms with Crippen LogP contribution in [-0.2, 0) is 4.79 Å². The summed E-state index contributed by atoms with van der Waals surface area (Å²) in [6, 6.07) is 0. The van der Waals surface area contributed by atoms with Gasteiger partial charge in [-0.2, -0.15) is 8.78 Å². The first-order valence-corrected chi connectivity index (χ1v) is 3.99. The summed E-state index contributed by atoms with van der Waals surface area (Å²) in [5, 5.41) is 8.16. The van der Waals surface area contributed by atoms with Gasteiger partial charge in [0.25, 0.3) is 12.0 Å². The predicted octanol–water partition coefficient (Wildman–Crippen LogP) is 3.05. The van der Waals surface area contributed by atoms with Gasteiger partial charge in [0.05, 0.1) is 0 Å². The van der Waals surface area contributed by atoms with E-state index in [-0.39, 0.29) is 6.42 Å². The molecule has 82 valence electrons. The van der Waals surface area contributed by atoms with Gasteiger partial charge in [-0.1, -0.05) is 13.3 Å². The molecule has 6 heteroatoms. The van der Waals surface area contributed by atoms with Crippen molar-refractivity contribution in [1.29, 1.82) is 0 Å². The van der Waals surface area contributed by atoms with Crippen LogP contribution in [0, 0.1) is 0 Å². The highest BCUT2D eigenvalue weighted by atomic mass is 19.3. The monoisotopic (exact) mass is 214 g/mol. The van der Waals surface area contributed by atoms with Gasteiger partial charge in [0.2, 0.25) is 0 Å². The lowest BCUT2D eigenvalue weighted by atomic mass is 10.0. The zero-order valence-corrected chi connectivity index (χ0v) is 7.49. The predicted molar refractivity (Wildman–Crippen MR) is 41.3 cm³/mol. The smallest absolute Gasteiger partial charge is 0.343 e. The summed E-state index contributed by atoms with van der Waals surface area (Å²) in [6.45, 7) is 1.60. The second-order valence-corrected chi connectivity index (χ2v) is 2.75. The fourth-order valence-electron chi connectivity index (χ4n) is 0.899. The van der Waals surface area contributed by atoms with E-state index in [0.29, 0.717) is 6.42 Å². The number of carbonyl (C=O) groups is 1. The van der Waals surface area contributed by atoms with Gasteiger partial charge >= 0.3 is 5.97 Å². The first kappa shape index (κ1) is 12.9. The molecule has 0 aromatic rings. The summed E-state index contributed by atoms with van der Waals surface area (Å²) in [5.41, 5.74) is -2.09. The Hall–Kier alpha value is -1.07. The molecule has 0 aliphatic heterocycles. The van der Waals surface area contributed by atoms with Crippen molar-refractivity contribution >= 4 is 5.97 Å². The third-order valence-electron chi connectivity index (χ3n) is 1.61. The minimum Gasteiger partial charge on any atom is -0.478 e. The van der Waals surface area contributed by atoms with Gasteiger partial charge < -0.3 is 5.11 Å². The highest BCUT2D eigenvalue weighted by molar-refractivity contribution is 5.88. The van der Waals surface area contributed by atoms with Gasteiger partial charge in [-0.05, 0) is 6.42 Å². The fourth-order valence-corrected chi connectivity index (χ4v) is 0.899. The van der Waals surface area contributed by atoms with Crippen LogP contribution in [0.4, 0.5) is 17.6 Å². The molecule has 2 nitrogen and oxygen atoms in total. The molecule has 0 spiro atoms. The van der Waals surface area contributed by atoms with Gasteiger partial charge in [0.1, 0.15) is 0 Å². The molecule has 0 aliphatic rings. The molecule has 0 saturated heterocycles. The van der Waals surface area contributed by atoms with E-state index in [4.69, 9.17) is 5.11 Å². The molecule has 0 unspecified atom stereocenters. The molecule has 0 bridgehead atoms. The average Bonchev–Trinajstić information content (AvgIpc) is 1.98. The number of carboxylic acid groups (broad SMARTS) is 1. The molecule has 0 saturated carbocycles. The maximum atomic E-state index is 12.9. The van der Waals surface area contributed by atoms with Crippen LogP contribution in [-0.4, -0.2) is 17.0 Å². The van der Waals surface area contributed by atoms with Gasteiger partial charge in [-0.15, -0.1) is 0 Å². The molecule has 0 aromatic carbocycles. The molecule has 0 fully saturated rings. The zero-order valence-electron chi connectivity index (χ0n) is 7.49. The number of hydrogen-bond acceptors (Lipinski definition) is 1. The van der Waals surface area contributed by atoms with Gasteiger partial charge in [-0.3, -0.25) is 0 Å². The number of rotatable bonds is 5. The van der Waals surface area contributed by atoms with Crippen molar-refractivity contribution in [2.75, 3.05) is 0 Å². The van der Waals surface area contributed by atoms with Crippen molar-refractivity contribution in [2.45, 2.75) is 32.1 Å². The maximum absolute atomic E-state index is 12.9. The molecule has 0 amide bonds. The number of unbranched alkanes of at least 4 members (excludes halogenated alkanes) is 1.